The third-order valence-electron chi connectivity index (χ3n) is 2.94. The lowest BCUT2D eigenvalue weighted by Crippen LogP contribution is -2.29. The van der Waals surface area contributed by atoms with Crippen LogP contribution < -0.4 is 11.1 Å². The summed E-state index contributed by atoms with van der Waals surface area (Å²) in [6.07, 6.45) is 9.11. The van der Waals surface area contributed by atoms with Crippen LogP contribution in [0.2, 0.25) is 0 Å². The van der Waals surface area contributed by atoms with Gasteiger partial charge in [0.25, 0.3) is 0 Å². The highest BCUT2D eigenvalue weighted by Crippen LogP contribution is 2.16. The highest BCUT2D eigenvalue weighted by Gasteiger charge is 2.20. The van der Waals surface area contributed by atoms with E-state index in [1.807, 2.05) is 0 Å². The number of nitrogens with one attached hydrogen (secondary N) is 1. The van der Waals surface area contributed by atoms with E-state index in [0.717, 1.165) is 6.04 Å². The lowest BCUT2D eigenvalue weighted by molar-refractivity contribution is 0.497. The zero-order valence-corrected chi connectivity index (χ0v) is 8.89. The fraction of sp³-hybridized carbons (Fsp3) is 1.00. The smallest absolute Gasteiger partial charge is 0.00823 e. The van der Waals surface area contributed by atoms with Gasteiger partial charge in [-0.1, -0.05) is 26.2 Å². The summed E-state index contributed by atoms with van der Waals surface area (Å²) in [4.78, 5) is 0. The summed E-state index contributed by atoms with van der Waals surface area (Å²) in [6.45, 7) is 3.45. The lowest BCUT2D eigenvalue weighted by atomic mass is 10.2. The zero-order valence-electron chi connectivity index (χ0n) is 8.89. The van der Waals surface area contributed by atoms with Gasteiger partial charge in [-0.3, -0.25) is 0 Å². The van der Waals surface area contributed by atoms with E-state index in [1.54, 1.807) is 0 Å². The molecule has 3 N–H and O–H groups in total. The largest absolute Gasteiger partial charge is 0.328 e. The van der Waals surface area contributed by atoms with Crippen LogP contribution >= 0.6 is 0 Å². The molecule has 13 heavy (non-hydrogen) atoms. The highest BCUT2D eigenvalue weighted by molar-refractivity contribution is 4.82. The second-order valence-electron chi connectivity index (χ2n) is 4.28. The van der Waals surface area contributed by atoms with Crippen LogP contribution in [-0.4, -0.2) is 18.6 Å². The average Bonchev–Trinajstić information content (AvgIpc) is 2.51. The molecule has 78 valence electrons. The first kappa shape index (κ1) is 11.0. The minimum absolute atomic E-state index is 0.466. The molecule has 2 heteroatoms. The van der Waals surface area contributed by atoms with Crippen LogP contribution in [0.25, 0.3) is 0 Å². The normalized spacial score (nSPS) is 28.2. The maximum Gasteiger partial charge on any atom is 0.00823 e. The molecule has 0 saturated heterocycles. The van der Waals surface area contributed by atoms with Crippen molar-refractivity contribution in [2.24, 2.45) is 5.73 Å². The number of hydrogen-bond acceptors (Lipinski definition) is 2. The molecule has 2 atom stereocenters. The van der Waals surface area contributed by atoms with Crippen molar-refractivity contribution in [3.8, 4) is 0 Å². The summed E-state index contributed by atoms with van der Waals surface area (Å²) < 4.78 is 0. The van der Waals surface area contributed by atoms with Crippen molar-refractivity contribution in [2.75, 3.05) is 6.54 Å². The van der Waals surface area contributed by atoms with Gasteiger partial charge in [-0.05, 0) is 32.2 Å². The first-order valence-corrected chi connectivity index (χ1v) is 5.82. The Balaban J connectivity index is 1.88. The van der Waals surface area contributed by atoms with Crippen LogP contribution in [0.1, 0.15) is 51.9 Å². The molecule has 0 heterocycles. The molecule has 1 fully saturated rings. The van der Waals surface area contributed by atoms with E-state index in [9.17, 15) is 0 Å². The standard InChI is InChI=1S/C11H24N2/c1-2-3-4-5-8-13-11-7-6-10(12)9-11/h10-11,13H,2-9,12H2,1H3. The molecular weight excluding hydrogens is 160 g/mol. The Morgan fingerprint density at radius 3 is 2.69 bits per heavy atom. The molecule has 0 aromatic carbocycles. The Morgan fingerprint density at radius 2 is 2.08 bits per heavy atom. The van der Waals surface area contributed by atoms with Gasteiger partial charge in [0.1, 0.15) is 0 Å². The van der Waals surface area contributed by atoms with E-state index in [1.165, 1.54) is 51.5 Å². The van der Waals surface area contributed by atoms with Crippen molar-refractivity contribution in [1.82, 2.24) is 5.32 Å². The van der Waals surface area contributed by atoms with E-state index >= 15 is 0 Å². The molecule has 0 amide bonds. The second kappa shape index (κ2) is 6.39. The highest BCUT2D eigenvalue weighted by atomic mass is 14.9. The topological polar surface area (TPSA) is 38.0 Å². The van der Waals surface area contributed by atoms with Gasteiger partial charge in [-0.25, -0.2) is 0 Å². The number of unbranched alkanes of at least 4 members (excludes halogenated alkanes) is 3. The summed E-state index contributed by atoms with van der Waals surface area (Å²) >= 11 is 0. The van der Waals surface area contributed by atoms with E-state index < -0.39 is 0 Å². The molecule has 2 unspecified atom stereocenters. The van der Waals surface area contributed by atoms with Gasteiger partial charge in [-0.2, -0.15) is 0 Å². The van der Waals surface area contributed by atoms with E-state index in [4.69, 9.17) is 5.73 Å². The molecule has 1 saturated carbocycles. The fourth-order valence-corrected chi connectivity index (χ4v) is 2.06. The quantitative estimate of drug-likeness (QED) is 0.620. The van der Waals surface area contributed by atoms with E-state index in [2.05, 4.69) is 12.2 Å². The van der Waals surface area contributed by atoms with Crippen LogP contribution in [0.15, 0.2) is 0 Å². The van der Waals surface area contributed by atoms with Gasteiger partial charge in [0.05, 0.1) is 0 Å². The summed E-state index contributed by atoms with van der Waals surface area (Å²) in [5.74, 6) is 0. The van der Waals surface area contributed by atoms with Gasteiger partial charge in [0.2, 0.25) is 0 Å². The molecule has 2 nitrogen and oxygen atoms in total. The summed E-state index contributed by atoms with van der Waals surface area (Å²) in [7, 11) is 0. The predicted octanol–water partition coefficient (Wildman–Crippen LogP) is 2.04. The third kappa shape index (κ3) is 4.63. The Hall–Kier alpha value is -0.0800. The molecule has 0 bridgehead atoms. The molecule has 1 aliphatic carbocycles. The minimum Gasteiger partial charge on any atom is -0.328 e. The van der Waals surface area contributed by atoms with Gasteiger partial charge in [0, 0.05) is 12.1 Å². The maximum absolute atomic E-state index is 5.84. The zero-order chi connectivity index (χ0) is 9.52. The molecule has 1 aliphatic rings. The maximum atomic E-state index is 5.84. The fourth-order valence-electron chi connectivity index (χ4n) is 2.06. The summed E-state index contributed by atoms with van der Waals surface area (Å²) in [6, 6.07) is 1.18. The van der Waals surface area contributed by atoms with Crippen molar-refractivity contribution in [1.29, 1.82) is 0 Å². The van der Waals surface area contributed by atoms with Crippen molar-refractivity contribution >= 4 is 0 Å². The third-order valence-corrected chi connectivity index (χ3v) is 2.94. The van der Waals surface area contributed by atoms with Gasteiger partial charge in [-0.15, -0.1) is 0 Å². The van der Waals surface area contributed by atoms with Crippen LogP contribution in [0.4, 0.5) is 0 Å². The van der Waals surface area contributed by atoms with Gasteiger partial charge in [0.15, 0.2) is 0 Å². The first-order chi connectivity index (χ1) is 6.33. The number of nitrogens with two attached hydrogens (primary N) is 1. The number of rotatable bonds is 6. The minimum atomic E-state index is 0.466. The van der Waals surface area contributed by atoms with Crippen molar-refractivity contribution in [2.45, 2.75) is 64.0 Å². The average molecular weight is 184 g/mol. The summed E-state index contributed by atoms with van der Waals surface area (Å²) in [5, 5.41) is 3.59. The molecule has 1 rings (SSSR count). The number of hydrogen-bond donors (Lipinski definition) is 2. The second-order valence-corrected chi connectivity index (χ2v) is 4.28. The van der Waals surface area contributed by atoms with Crippen LogP contribution in [0.3, 0.4) is 0 Å². The van der Waals surface area contributed by atoms with Crippen LogP contribution in [0, 0.1) is 0 Å². The molecular formula is C11H24N2. The first-order valence-electron chi connectivity index (χ1n) is 5.82. The lowest BCUT2D eigenvalue weighted by Gasteiger charge is -2.11. The molecule has 0 radical (unpaired) electrons. The van der Waals surface area contributed by atoms with Crippen LogP contribution in [-0.2, 0) is 0 Å². The van der Waals surface area contributed by atoms with Crippen molar-refractivity contribution in [3.63, 3.8) is 0 Å². The molecule has 0 aromatic rings. The van der Waals surface area contributed by atoms with Crippen molar-refractivity contribution < 1.29 is 0 Å². The molecule has 0 aliphatic heterocycles. The van der Waals surface area contributed by atoms with Crippen LogP contribution in [0.5, 0.6) is 0 Å². The summed E-state index contributed by atoms with van der Waals surface area (Å²) in [5.41, 5.74) is 5.84. The van der Waals surface area contributed by atoms with Gasteiger partial charge >= 0.3 is 0 Å². The Morgan fingerprint density at radius 1 is 1.23 bits per heavy atom. The predicted molar refractivity (Wildman–Crippen MR) is 57.8 cm³/mol. The van der Waals surface area contributed by atoms with E-state index in [0.29, 0.717) is 6.04 Å². The SMILES string of the molecule is CCCCCCNC1CCC(N)C1. The Kier molecular flexibility index (Phi) is 5.40. The Labute approximate surface area is 82.3 Å². The van der Waals surface area contributed by atoms with E-state index in [-0.39, 0.29) is 0 Å². The molecule has 0 spiro atoms. The Bertz CT molecular complexity index is 125. The van der Waals surface area contributed by atoms with Gasteiger partial charge < -0.3 is 11.1 Å². The molecule has 0 aromatic heterocycles. The van der Waals surface area contributed by atoms with Crippen molar-refractivity contribution in [3.05, 3.63) is 0 Å². The monoisotopic (exact) mass is 184 g/mol.